The second-order valence-corrected chi connectivity index (χ2v) is 6.50. The number of aromatic amines is 1. The standard InChI is InChI=1S/C20H19FN6O/c1-2-3-18(13-8-23-24-9-13)26-20(28)17-10-22-12-19-16(17)11-25-27(19)15-6-4-14(21)5-7-15/h4-12,18H,2-3H2,1H3,(H,23,24)(H,26,28)/t18-/m0/s1. The predicted molar refractivity (Wildman–Crippen MR) is 103 cm³/mol. The van der Waals surface area contributed by atoms with E-state index in [4.69, 9.17) is 0 Å². The van der Waals surface area contributed by atoms with E-state index < -0.39 is 0 Å². The molecule has 3 aromatic heterocycles. The fourth-order valence-electron chi connectivity index (χ4n) is 3.21. The molecule has 4 rings (SSSR count). The fourth-order valence-corrected chi connectivity index (χ4v) is 3.21. The van der Waals surface area contributed by atoms with Crippen molar-refractivity contribution in [1.82, 2.24) is 30.3 Å². The van der Waals surface area contributed by atoms with E-state index in [1.165, 1.54) is 18.3 Å². The molecule has 0 aliphatic heterocycles. The van der Waals surface area contributed by atoms with E-state index in [0.717, 1.165) is 18.4 Å². The molecule has 28 heavy (non-hydrogen) atoms. The van der Waals surface area contributed by atoms with Crippen molar-refractivity contribution < 1.29 is 9.18 Å². The largest absolute Gasteiger partial charge is 0.345 e. The molecule has 1 atom stereocenters. The Labute approximate surface area is 160 Å². The second-order valence-electron chi connectivity index (χ2n) is 6.50. The summed E-state index contributed by atoms with van der Waals surface area (Å²) >= 11 is 0. The maximum Gasteiger partial charge on any atom is 0.254 e. The van der Waals surface area contributed by atoms with Gasteiger partial charge in [0.05, 0.1) is 41.4 Å². The first-order valence-corrected chi connectivity index (χ1v) is 9.04. The Morgan fingerprint density at radius 1 is 1.21 bits per heavy atom. The zero-order valence-electron chi connectivity index (χ0n) is 15.3. The van der Waals surface area contributed by atoms with Gasteiger partial charge in [-0.05, 0) is 30.7 Å². The fraction of sp³-hybridized carbons (Fsp3) is 0.200. The Hall–Kier alpha value is -3.55. The van der Waals surface area contributed by atoms with Crippen LogP contribution in [0.3, 0.4) is 0 Å². The number of H-pyrrole nitrogens is 1. The maximum atomic E-state index is 13.2. The molecule has 8 heteroatoms. The van der Waals surface area contributed by atoms with E-state index in [9.17, 15) is 9.18 Å². The molecule has 142 valence electrons. The molecular weight excluding hydrogens is 359 g/mol. The van der Waals surface area contributed by atoms with Crippen LogP contribution in [0.1, 0.15) is 41.7 Å². The molecule has 7 nitrogen and oxygen atoms in total. The molecule has 4 aromatic rings. The number of pyridine rings is 1. The molecule has 2 N–H and O–H groups in total. The number of nitrogens with one attached hydrogen (secondary N) is 2. The summed E-state index contributed by atoms with van der Waals surface area (Å²) in [5.74, 6) is -0.545. The smallest absolute Gasteiger partial charge is 0.254 e. The third-order valence-corrected chi connectivity index (χ3v) is 4.62. The van der Waals surface area contributed by atoms with Crippen LogP contribution < -0.4 is 5.32 Å². The van der Waals surface area contributed by atoms with Crippen LogP contribution in [0.2, 0.25) is 0 Å². The number of halogens is 1. The zero-order chi connectivity index (χ0) is 19.5. The first kappa shape index (κ1) is 17.8. The number of hydrogen-bond donors (Lipinski definition) is 2. The van der Waals surface area contributed by atoms with E-state index in [1.54, 1.807) is 41.6 Å². The number of carbonyl (C=O) groups is 1. The lowest BCUT2D eigenvalue weighted by molar-refractivity contribution is 0.0936. The normalized spacial score (nSPS) is 12.2. The summed E-state index contributed by atoms with van der Waals surface area (Å²) in [6, 6.07) is 5.86. The number of rotatable bonds is 6. The monoisotopic (exact) mass is 378 g/mol. The molecule has 0 fully saturated rings. The first-order valence-electron chi connectivity index (χ1n) is 9.04. The Morgan fingerprint density at radius 3 is 2.75 bits per heavy atom. The van der Waals surface area contributed by atoms with E-state index in [-0.39, 0.29) is 17.8 Å². The zero-order valence-corrected chi connectivity index (χ0v) is 15.3. The number of nitrogens with zero attached hydrogens (tertiary/aromatic N) is 4. The molecule has 0 spiro atoms. The third kappa shape index (κ3) is 3.36. The average Bonchev–Trinajstić information content (AvgIpc) is 3.38. The highest BCUT2D eigenvalue weighted by Crippen LogP contribution is 2.23. The van der Waals surface area contributed by atoms with Crippen LogP contribution in [0.15, 0.2) is 55.2 Å². The molecule has 0 unspecified atom stereocenters. The SMILES string of the molecule is CCC[C@H](NC(=O)c1cncc2c1cnn2-c1ccc(F)cc1)c1cn[nH]c1. The van der Waals surface area contributed by atoms with Gasteiger partial charge in [0.2, 0.25) is 0 Å². The summed E-state index contributed by atoms with van der Waals surface area (Å²) in [6.07, 6.45) is 10.0. The van der Waals surface area contributed by atoms with Crippen molar-refractivity contribution in [3.05, 3.63) is 72.2 Å². The summed E-state index contributed by atoms with van der Waals surface area (Å²) in [5, 5.41) is 14.9. The average molecular weight is 378 g/mol. The van der Waals surface area contributed by atoms with Crippen molar-refractivity contribution in [2.45, 2.75) is 25.8 Å². The van der Waals surface area contributed by atoms with E-state index in [2.05, 4.69) is 32.5 Å². The topological polar surface area (TPSA) is 88.5 Å². The number of aromatic nitrogens is 5. The van der Waals surface area contributed by atoms with E-state index >= 15 is 0 Å². The Morgan fingerprint density at radius 2 is 2.04 bits per heavy atom. The minimum Gasteiger partial charge on any atom is -0.345 e. The highest BCUT2D eigenvalue weighted by Gasteiger charge is 2.19. The summed E-state index contributed by atoms with van der Waals surface area (Å²) in [6.45, 7) is 2.06. The highest BCUT2D eigenvalue weighted by molar-refractivity contribution is 6.06. The quantitative estimate of drug-likeness (QED) is 0.537. The Balaban J connectivity index is 1.67. The third-order valence-electron chi connectivity index (χ3n) is 4.62. The van der Waals surface area contributed by atoms with Gasteiger partial charge < -0.3 is 5.32 Å². The molecule has 0 radical (unpaired) electrons. The van der Waals surface area contributed by atoms with Crippen molar-refractivity contribution in [2.24, 2.45) is 0 Å². The lowest BCUT2D eigenvalue weighted by Crippen LogP contribution is -2.28. The van der Waals surface area contributed by atoms with Crippen LogP contribution in [0.4, 0.5) is 4.39 Å². The van der Waals surface area contributed by atoms with Crippen LogP contribution in [0.5, 0.6) is 0 Å². The summed E-state index contributed by atoms with van der Waals surface area (Å²) < 4.78 is 14.8. The van der Waals surface area contributed by atoms with Gasteiger partial charge in [-0.2, -0.15) is 10.2 Å². The summed E-state index contributed by atoms with van der Waals surface area (Å²) in [4.78, 5) is 17.2. The Kier molecular flexibility index (Phi) is 4.84. The van der Waals surface area contributed by atoms with E-state index in [1.807, 2.05) is 0 Å². The molecule has 3 heterocycles. The second kappa shape index (κ2) is 7.59. The van der Waals surface area contributed by atoms with Crippen LogP contribution in [-0.2, 0) is 0 Å². The van der Waals surface area contributed by atoms with Crippen LogP contribution in [0, 0.1) is 5.82 Å². The Bertz CT molecular complexity index is 1090. The van der Waals surface area contributed by atoms with Crippen LogP contribution in [-0.4, -0.2) is 30.9 Å². The number of fused-ring (bicyclic) bond motifs is 1. The van der Waals surface area contributed by atoms with Crippen molar-refractivity contribution in [3.63, 3.8) is 0 Å². The molecule has 0 saturated heterocycles. The van der Waals surface area contributed by atoms with Crippen LogP contribution >= 0.6 is 0 Å². The van der Waals surface area contributed by atoms with Gasteiger partial charge in [-0.1, -0.05) is 13.3 Å². The first-order chi connectivity index (χ1) is 13.7. The van der Waals surface area contributed by atoms with Gasteiger partial charge in [0.1, 0.15) is 5.82 Å². The number of amides is 1. The molecule has 0 aliphatic rings. The molecule has 1 aromatic carbocycles. The van der Waals surface area contributed by atoms with Crippen molar-refractivity contribution in [3.8, 4) is 5.69 Å². The summed E-state index contributed by atoms with van der Waals surface area (Å²) in [5.41, 5.74) is 2.74. The highest BCUT2D eigenvalue weighted by atomic mass is 19.1. The molecule has 0 aliphatic carbocycles. The molecule has 1 amide bonds. The van der Waals surface area contributed by atoms with E-state index in [0.29, 0.717) is 22.2 Å². The summed E-state index contributed by atoms with van der Waals surface area (Å²) in [7, 11) is 0. The van der Waals surface area contributed by atoms with Gasteiger partial charge in [-0.3, -0.25) is 14.9 Å². The van der Waals surface area contributed by atoms with Crippen molar-refractivity contribution in [1.29, 1.82) is 0 Å². The minimum atomic E-state index is -0.320. The minimum absolute atomic E-state index is 0.140. The maximum absolute atomic E-state index is 13.2. The lowest BCUT2D eigenvalue weighted by Gasteiger charge is -2.16. The lowest BCUT2D eigenvalue weighted by atomic mass is 10.1. The number of benzene rings is 1. The molecule has 0 saturated carbocycles. The molecule has 0 bridgehead atoms. The van der Waals surface area contributed by atoms with Crippen molar-refractivity contribution in [2.75, 3.05) is 0 Å². The van der Waals surface area contributed by atoms with Gasteiger partial charge in [-0.15, -0.1) is 0 Å². The number of carbonyl (C=O) groups excluding carboxylic acids is 1. The van der Waals surface area contributed by atoms with Gasteiger partial charge in [-0.25, -0.2) is 9.07 Å². The van der Waals surface area contributed by atoms with Gasteiger partial charge in [0.15, 0.2) is 0 Å². The van der Waals surface area contributed by atoms with Crippen LogP contribution in [0.25, 0.3) is 16.6 Å². The predicted octanol–water partition coefficient (Wildman–Crippen LogP) is 3.55. The van der Waals surface area contributed by atoms with Gasteiger partial charge in [0, 0.05) is 23.3 Å². The van der Waals surface area contributed by atoms with Gasteiger partial charge >= 0.3 is 0 Å². The molecular formula is C20H19FN6O. The van der Waals surface area contributed by atoms with Gasteiger partial charge in [0.25, 0.3) is 5.91 Å². The number of hydrogen-bond acceptors (Lipinski definition) is 4. The van der Waals surface area contributed by atoms with Crippen molar-refractivity contribution >= 4 is 16.8 Å².